The smallest absolute Gasteiger partial charge is 0.307 e. The van der Waals surface area contributed by atoms with Crippen LogP contribution in [0.4, 0.5) is 5.69 Å². The Morgan fingerprint density at radius 3 is 2.71 bits per heavy atom. The van der Waals surface area contributed by atoms with Gasteiger partial charge in [-0.3, -0.25) is 9.59 Å². The zero-order valence-electron chi connectivity index (χ0n) is 11.5. The van der Waals surface area contributed by atoms with Crippen molar-refractivity contribution in [1.29, 1.82) is 0 Å². The molecule has 21 heavy (non-hydrogen) atoms. The number of aliphatic carboxylic acids is 1. The fraction of sp³-hybridized carbons (Fsp3) is 0.200. The standard InChI is InChI=1S/C15H15BrN2O3/c1-2-18-9-11(16)8-13(18)15(21)17-12-6-4-3-5-10(12)7-14(19)20/h3-6,8-9H,2,7H2,1H3,(H,17,21)(H,19,20). The lowest BCUT2D eigenvalue weighted by molar-refractivity contribution is -0.136. The number of nitrogens with zero attached hydrogens (tertiary/aromatic N) is 1. The van der Waals surface area contributed by atoms with Crippen LogP contribution in [-0.2, 0) is 17.8 Å². The van der Waals surface area contributed by atoms with Gasteiger partial charge >= 0.3 is 5.97 Å². The molecule has 1 aromatic heterocycles. The summed E-state index contributed by atoms with van der Waals surface area (Å²) in [5.74, 6) is -1.20. The summed E-state index contributed by atoms with van der Waals surface area (Å²) in [5, 5.41) is 11.7. The van der Waals surface area contributed by atoms with Crippen LogP contribution in [0.5, 0.6) is 0 Å². The van der Waals surface area contributed by atoms with E-state index in [1.54, 1.807) is 30.3 Å². The number of para-hydroxylation sites is 1. The minimum absolute atomic E-state index is 0.130. The third-order valence-corrected chi connectivity index (χ3v) is 3.48. The molecule has 2 rings (SSSR count). The van der Waals surface area contributed by atoms with Gasteiger partial charge in [0.2, 0.25) is 0 Å². The average molecular weight is 351 g/mol. The number of carbonyl (C=O) groups excluding carboxylic acids is 1. The van der Waals surface area contributed by atoms with Crippen molar-refractivity contribution in [2.45, 2.75) is 19.9 Å². The molecule has 2 N–H and O–H groups in total. The van der Waals surface area contributed by atoms with Crippen LogP contribution < -0.4 is 5.32 Å². The fourth-order valence-corrected chi connectivity index (χ4v) is 2.54. The number of aryl methyl sites for hydroxylation is 1. The third-order valence-electron chi connectivity index (χ3n) is 3.04. The summed E-state index contributed by atoms with van der Waals surface area (Å²) >= 11 is 3.35. The van der Waals surface area contributed by atoms with Gasteiger partial charge in [0.25, 0.3) is 5.91 Å². The van der Waals surface area contributed by atoms with Crippen molar-refractivity contribution in [3.05, 3.63) is 52.3 Å². The van der Waals surface area contributed by atoms with E-state index in [4.69, 9.17) is 5.11 Å². The van der Waals surface area contributed by atoms with Gasteiger partial charge in [-0.15, -0.1) is 0 Å². The Balaban J connectivity index is 2.25. The molecule has 5 nitrogen and oxygen atoms in total. The van der Waals surface area contributed by atoms with E-state index >= 15 is 0 Å². The molecule has 1 amide bonds. The number of benzene rings is 1. The molecular weight excluding hydrogens is 336 g/mol. The normalized spacial score (nSPS) is 10.4. The van der Waals surface area contributed by atoms with Crippen molar-refractivity contribution >= 4 is 33.5 Å². The lowest BCUT2D eigenvalue weighted by Gasteiger charge is -2.11. The first-order valence-electron chi connectivity index (χ1n) is 6.48. The van der Waals surface area contributed by atoms with Gasteiger partial charge in [-0.1, -0.05) is 18.2 Å². The van der Waals surface area contributed by atoms with Gasteiger partial charge in [0.05, 0.1) is 6.42 Å². The summed E-state index contributed by atoms with van der Waals surface area (Å²) in [6.45, 7) is 2.62. The Morgan fingerprint density at radius 2 is 2.05 bits per heavy atom. The van der Waals surface area contributed by atoms with Crippen LogP contribution >= 0.6 is 15.9 Å². The number of carbonyl (C=O) groups is 2. The molecule has 110 valence electrons. The zero-order chi connectivity index (χ0) is 15.4. The van der Waals surface area contributed by atoms with E-state index in [2.05, 4.69) is 21.2 Å². The van der Waals surface area contributed by atoms with Gasteiger partial charge in [0.15, 0.2) is 0 Å². The number of anilines is 1. The van der Waals surface area contributed by atoms with Gasteiger partial charge in [-0.05, 0) is 40.5 Å². The predicted molar refractivity (Wildman–Crippen MR) is 83.5 cm³/mol. The van der Waals surface area contributed by atoms with E-state index in [9.17, 15) is 9.59 Å². The summed E-state index contributed by atoms with van der Waals surface area (Å²) in [7, 11) is 0. The van der Waals surface area contributed by atoms with E-state index in [0.29, 0.717) is 23.5 Å². The molecule has 1 heterocycles. The SMILES string of the molecule is CCn1cc(Br)cc1C(=O)Nc1ccccc1CC(=O)O. The molecule has 0 spiro atoms. The largest absolute Gasteiger partial charge is 0.481 e. The molecule has 0 atom stereocenters. The Morgan fingerprint density at radius 1 is 1.33 bits per heavy atom. The van der Waals surface area contributed by atoms with Gasteiger partial charge in [-0.25, -0.2) is 0 Å². The quantitative estimate of drug-likeness (QED) is 0.869. The van der Waals surface area contributed by atoms with Crippen LogP contribution in [0.2, 0.25) is 0 Å². The lowest BCUT2D eigenvalue weighted by Crippen LogP contribution is -2.17. The zero-order valence-corrected chi connectivity index (χ0v) is 13.1. The second-order valence-corrected chi connectivity index (χ2v) is 5.43. The molecule has 0 radical (unpaired) electrons. The highest BCUT2D eigenvalue weighted by molar-refractivity contribution is 9.10. The topological polar surface area (TPSA) is 71.3 Å². The highest BCUT2D eigenvalue weighted by Crippen LogP contribution is 2.19. The molecule has 0 saturated carbocycles. The van der Waals surface area contributed by atoms with Crippen molar-refractivity contribution in [1.82, 2.24) is 4.57 Å². The van der Waals surface area contributed by atoms with E-state index in [1.165, 1.54) is 0 Å². The minimum atomic E-state index is -0.934. The number of aromatic nitrogens is 1. The van der Waals surface area contributed by atoms with Crippen LogP contribution in [0.15, 0.2) is 41.0 Å². The summed E-state index contributed by atoms with van der Waals surface area (Å²) in [6, 6.07) is 8.64. The minimum Gasteiger partial charge on any atom is -0.481 e. The van der Waals surface area contributed by atoms with Crippen LogP contribution in [0.1, 0.15) is 23.0 Å². The highest BCUT2D eigenvalue weighted by atomic mass is 79.9. The second kappa shape index (κ2) is 6.58. The molecule has 0 bridgehead atoms. The Bertz CT molecular complexity index is 679. The van der Waals surface area contributed by atoms with Crippen molar-refractivity contribution in [2.75, 3.05) is 5.32 Å². The van der Waals surface area contributed by atoms with Crippen molar-refractivity contribution in [2.24, 2.45) is 0 Å². The monoisotopic (exact) mass is 350 g/mol. The number of carboxylic acid groups (broad SMARTS) is 1. The molecule has 0 saturated heterocycles. The number of hydrogen-bond donors (Lipinski definition) is 2. The van der Waals surface area contributed by atoms with Crippen LogP contribution in [0.3, 0.4) is 0 Å². The molecule has 6 heteroatoms. The molecule has 2 aromatic rings. The molecule has 1 aromatic carbocycles. The average Bonchev–Trinajstić information content (AvgIpc) is 2.81. The molecule has 0 aliphatic rings. The van der Waals surface area contributed by atoms with Gasteiger partial charge in [0, 0.05) is 22.9 Å². The third kappa shape index (κ3) is 3.72. The number of carboxylic acids is 1. The predicted octanol–water partition coefficient (Wildman–Crippen LogP) is 3.15. The maximum absolute atomic E-state index is 12.3. The maximum Gasteiger partial charge on any atom is 0.307 e. The maximum atomic E-state index is 12.3. The lowest BCUT2D eigenvalue weighted by atomic mass is 10.1. The van der Waals surface area contributed by atoms with Crippen molar-refractivity contribution in [3.63, 3.8) is 0 Å². The van der Waals surface area contributed by atoms with Gasteiger partial charge in [-0.2, -0.15) is 0 Å². The summed E-state index contributed by atoms with van der Waals surface area (Å²) in [5.41, 5.74) is 1.62. The molecule has 0 fully saturated rings. The molecular formula is C15H15BrN2O3. The summed E-state index contributed by atoms with van der Waals surface area (Å²) in [4.78, 5) is 23.2. The van der Waals surface area contributed by atoms with E-state index in [0.717, 1.165) is 4.47 Å². The Labute approximate surface area is 130 Å². The fourth-order valence-electron chi connectivity index (χ4n) is 2.07. The number of halogens is 1. The number of amides is 1. The number of rotatable bonds is 5. The van der Waals surface area contributed by atoms with Gasteiger partial charge in [0.1, 0.15) is 5.69 Å². The van der Waals surface area contributed by atoms with Crippen LogP contribution in [0.25, 0.3) is 0 Å². The Hall–Kier alpha value is -2.08. The molecule has 0 aliphatic carbocycles. The molecule has 0 aliphatic heterocycles. The van der Waals surface area contributed by atoms with Gasteiger partial charge < -0.3 is 15.0 Å². The number of hydrogen-bond acceptors (Lipinski definition) is 2. The van der Waals surface area contributed by atoms with Crippen LogP contribution in [0, 0.1) is 0 Å². The Kier molecular flexibility index (Phi) is 4.80. The summed E-state index contributed by atoms with van der Waals surface area (Å²) < 4.78 is 2.65. The number of nitrogens with one attached hydrogen (secondary N) is 1. The van der Waals surface area contributed by atoms with E-state index in [-0.39, 0.29) is 12.3 Å². The molecule has 0 unspecified atom stereocenters. The first-order chi connectivity index (χ1) is 10.0. The van der Waals surface area contributed by atoms with Crippen molar-refractivity contribution in [3.8, 4) is 0 Å². The summed E-state index contributed by atoms with van der Waals surface area (Å²) in [6.07, 6.45) is 1.70. The van der Waals surface area contributed by atoms with E-state index < -0.39 is 5.97 Å². The second-order valence-electron chi connectivity index (χ2n) is 4.51. The highest BCUT2D eigenvalue weighted by Gasteiger charge is 2.14. The van der Waals surface area contributed by atoms with Crippen LogP contribution in [-0.4, -0.2) is 21.6 Å². The van der Waals surface area contributed by atoms with E-state index in [1.807, 2.05) is 17.7 Å². The first kappa shape index (κ1) is 15.3. The first-order valence-corrected chi connectivity index (χ1v) is 7.27. The van der Waals surface area contributed by atoms with Crippen molar-refractivity contribution < 1.29 is 14.7 Å².